The summed E-state index contributed by atoms with van der Waals surface area (Å²) in [6.07, 6.45) is 3.45. The van der Waals surface area contributed by atoms with Gasteiger partial charge in [-0.1, -0.05) is 49.1 Å². The minimum Gasteiger partial charge on any atom is -0.389 e. The smallest absolute Gasteiger partial charge is 0.327 e. The van der Waals surface area contributed by atoms with Crippen molar-refractivity contribution in [2.24, 2.45) is 0 Å². The predicted molar refractivity (Wildman–Crippen MR) is 97.8 cm³/mol. The van der Waals surface area contributed by atoms with Crippen LogP contribution < -0.4 is 0 Å². The van der Waals surface area contributed by atoms with Gasteiger partial charge in [-0.25, -0.2) is 4.79 Å². The molecular formula is C19H25ClN2O4. The second-order valence-electron chi connectivity index (χ2n) is 7.11. The lowest BCUT2D eigenvalue weighted by atomic mass is 9.81. The van der Waals surface area contributed by atoms with Gasteiger partial charge in [-0.05, 0) is 24.5 Å². The Bertz CT molecular complexity index is 675. The van der Waals surface area contributed by atoms with E-state index in [9.17, 15) is 14.7 Å². The molecule has 1 aromatic rings. The highest BCUT2D eigenvalue weighted by Crippen LogP contribution is 2.39. The number of carbonyl (C=O) groups excluding carboxylic acids is 2. The highest BCUT2D eigenvalue weighted by molar-refractivity contribution is 6.31. The number of aliphatic hydroxyl groups is 1. The van der Waals surface area contributed by atoms with Gasteiger partial charge in [0, 0.05) is 12.1 Å². The van der Waals surface area contributed by atoms with Crippen LogP contribution in [0.15, 0.2) is 24.3 Å². The molecule has 2 aliphatic rings. The van der Waals surface area contributed by atoms with Crippen LogP contribution in [0.3, 0.4) is 0 Å². The standard InChI is InChI=1S/C19H25ClN2O4/c1-21-18(25)22(17(24)19(21)9-5-2-6-10-19)11-15(23)13-26-12-14-7-3-4-8-16(14)20/h3-4,7-8,15,23H,2,5-6,9-13H2,1H3/t15-/m1/s1. The third kappa shape index (κ3) is 3.59. The summed E-state index contributed by atoms with van der Waals surface area (Å²) in [7, 11) is 1.69. The summed E-state index contributed by atoms with van der Waals surface area (Å²) >= 11 is 6.07. The molecule has 0 bridgehead atoms. The average molecular weight is 381 g/mol. The Balaban J connectivity index is 1.55. The predicted octanol–water partition coefficient (Wildman–Crippen LogP) is 2.81. The first-order chi connectivity index (χ1) is 12.5. The van der Waals surface area contributed by atoms with E-state index in [0.29, 0.717) is 17.9 Å². The second-order valence-corrected chi connectivity index (χ2v) is 7.52. The molecule has 1 atom stereocenters. The summed E-state index contributed by atoms with van der Waals surface area (Å²) in [4.78, 5) is 28.1. The van der Waals surface area contributed by atoms with E-state index in [-0.39, 0.29) is 31.7 Å². The number of aliphatic hydroxyl groups excluding tert-OH is 1. The highest BCUT2D eigenvalue weighted by atomic mass is 35.5. The van der Waals surface area contributed by atoms with Gasteiger partial charge >= 0.3 is 6.03 Å². The molecule has 0 aromatic heterocycles. The van der Waals surface area contributed by atoms with Crippen LogP contribution in [0.5, 0.6) is 0 Å². The third-order valence-electron chi connectivity index (χ3n) is 5.40. The maximum atomic E-state index is 12.9. The lowest BCUT2D eigenvalue weighted by Gasteiger charge is -2.35. The second kappa shape index (κ2) is 7.94. The Morgan fingerprint density at radius 3 is 2.62 bits per heavy atom. The number of rotatable bonds is 6. The summed E-state index contributed by atoms with van der Waals surface area (Å²) in [6, 6.07) is 6.99. The molecule has 1 aliphatic heterocycles. The minimum atomic E-state index is -0.933. The number of amides is 3. The molecule has 26 heavy (non-hydrogen) atoms. The van der Waals surface area contributed by atoms with E-state index in [1.165, 1.54) is 4.90 Å². The van der Waals surface area contributed by atoms with Crippen LogP contribution in [0.2, 0.25) is 5.02 Å². The van der Waals surface area contributed by atoms with Gasteiger partial charge in [0.2, 0.25) is 0 Å². The number of nitrogens with zero attached hydrogens (tertiary/aromatic N) is 2. The number of likely N-dealkylation sites (N-methyl/N-ethyl adjacent to an activating group) is 1. The maximum absolute atomic E-state index is 12.9. The molecule has 3 amide bonds. The number of β-amino-alcohol motifs (C(OH)–C–C–N with tert-alkyl or cyclic N) is 1. The van der Waals surface area contributed by atoms with Crippen molar-refractivity contribution in [1.82, 2.24) is 9.80 Å². The van der Waals surface area contributed by atoms with Crippen LogP contribution in [0.4, 0.5) is 4.79 Å². The van der Waals surface area contributed by atoms with Crippen LogP contribution in [-0.2, 0) is 16.1 Å². The largest absolute Gasteiger partial charge is 0.389 e. The number of carbonyl (C=O) groups is 2. The quantitative estimate of drug-likeness (QED) is 0.770. The number of benzene rings is 1. The van der Waals surface area contributed by atoms with Crippen LogP contribution in [0, 0.1) is 0 Å². The van der Waals surface area contributed by atoms with Crippen LogP contribution in [0.1, 0.15) is 37.7 Å². The number of halogens is 1. The summed E-state index contributed by atoms with van der Waals surface area (Å²) in [5.41, 5.74) is 0.114. The number of ether oxygens (including phenoxy) is 1. The summed E-state index contributed by atoms with van der Waals surface area (Å²) in [5.74, 6) is -0.185. The normalized spacial score (nSPS) is 20.9. The summed E-state index contributed by atoms with van der Waals surface area (Å²) < 4.78 is 5.51. The molecule has 1 N–H and O–H groups in total. The molecule has 2 fully saturated rings. The zero-order valence-corrected chi connectivity index (χ0v) is 15.7. The van der Waals surface area contributed by atoms with Gasteiger partial charge < -0.3 is 14.7 Å². The van der Waals surface area contributed by atoms with E-state index < -0.39 is 11.6 Å². The van der Waals surface area contributed by atoms with Crippen molar-refractivity contribution in [3.05, 3.63) is 34.9 Å². The number of hydrogen-bond acceptors (Lipinski definition) is 4. The highest BCUT2D eigenvalue weighted by Gasteiger charge is 2.55. The zero-order valence-electron chi connectivity index (χ0n) is 15.0. The van der Waals surface area contributed by atoms with E-state index in [1.54, 1.807) is 18.0 Å². The van der Waals surface area contributed by atoms with E-state index in [2.05, 4.69) is 0 Å². The average Bonchev–Trinajstić information content (AvgIpc) is 2.80. The fraction of sp³-hybridized carbons (Fsp3) is 0.579. The van der Waals surface area contributed by atoms with Crippen LogP contribution >= 0.6 is 11.6 Å². The van der Waals surface area contributed by atoms with Gasteiger partial charge in [0.15, 0.2) is 0 Å². The Morgan fingerprint density at radius 2 is 1.92 bits per heavy atom. The molecule has 3 rings (SSSR count). The van der Waals surface area contributed by atoms with Crippen molar-refractivity contribution in [3.8, 4) is 0 Å². The van der Waals surface area contributed by atoms with Gasteiger partial charge in [0.25, 0.3) is 5.91 Å². The van der Waals surface area contributed by atoms with Gasteiger partial charge in [-0.15, -0.1) is 0 Å². The molecule has 1 saturated heterocycles. The third-order valence-corrected chi connectivity index (χ3v) is 5.77. The van der Waals surface area contributed by atoms with Gasteiger partial charge in [-0.2, -0.15) is 0 Å². The van der Waals surface area contributed by atoms with E-state index >= 15 is 0 Å². The summed E-state index contributed by atoms with van der Waals surface area (Å²) in [5, 5.41) is 10.8. The van der Waals surface area contributed by atoms with E-state index in [4.69, 9.17) is 16.3 Å². The Kier molecular flexibility index (Phi) is 5.85. The first-order valence-corrected chi connectivity index (χ1v) is 9.42. The fourth-order valence-corrected chi connectivity index (χ4v) is 4.07. The maximum Gasteiger partial charge on any atom is 0.327 e. The van der Waals surface area contributed by atoms with Gasteiger partial charge in [-0.3, -0.25) is 9.69 Å². The molecule has 1 aliphatic carbocycles. The number of urea groups is 1. The Labute approximate surface area is 158 Å². The lowest BCUT2D eigenvalue weighted by molar-refractivity contribution is -0.135. The molecule has 7 heteroatoms. The monoisotopic (exact) mass is 380 g/mol. The first kappa shape index (κ1) is 19.1. The molecule has 142 valence electrons. The van der Waals surface area contributed by atoms with Crippen molar-refractivity contribution in [1.29, 1.82) is 0 Å². The molecule has 0 radical (unpaired) electrons. The minimum absolute atomic E-state index is 0.0268. The molecule has 1 heterocycles. The number of imide groups is 1. The zero-order chi connectivity index (χ0) is 18.7. The molecular weight excluding hydrogens is 356 g/mol. The van der Waals surface area contributed by atoms with Crippen LogP contribution in [-0.4, -0.2) is 58.7 Å². The topological polar surface area (TPSA) is 70.1 Å². The van der Waals surface area contributed by atoms with Gasteiger partial charge in [0.05, 0.1) is 25.9 Å². The SMILES string of the molecule is CN1C(=O)N(C[C@@H](O)COCc2ccccc2Cl)C(=O)C12CCCCC2. The molecule has 1 aromatic carbocycles. The Hall–Kier alpha value is -1.63. The van der Waals surface area contributed by atoms with Crippen molar-refractivity contribution >= 4 is 23.5 Å². The van der Waals surface area contributed by atoms with E-state index in [0.717, 1.165) is 24.8 Å². The van der Waals surface area contributed by atoms with Crippen molar-refractivity contribution in [3.63, 3.8) is 0 Å². The van der Waals surface area contributed by atoms with E-state index in [1.807, 2.05) is 18.2 Å². The molecule has 1 saturated carbocycles. The Morgan fingerprint density at radius 1 is 1.23 bits per heavy atom. The van der Waals surface area contributed by atoms with Crippen molar-refractivity contribution in [2.75, 3.05) is 20.2 Å². The summed E-state index contributed by atoms with van der Waals surface area (Å²) in [6.45, 7) is 0.244. The van der Waals surface area contributed by atoms with Crippen molar-refractivity contribution < 1.29 is 19.4 Å². The van der Waals surface area contributed by atoms with Crippen LogP contribution in [0.25, 0.3) is 0 Å². The number of hydrogen-bond donors (Lipinski definition) is 1. The molecule has 0 unspecified atom stereocenters. The molecule has 1 spiro atoms. The lowest BCUT2D eigenvalue weighted by Crippen LogP contribution is -2.49. The first-order valence-electron chi connectivity index (χ1n) is 9.05. The van der Waals surface area contributed by atoms with Gasteiger partial charge in [0.1, 0.15) is 5.54 Å². The fourth-order valence-electron chi connectivity index (χ4n) is 3.88. The van der Waals surface area contributed by atoms with Crippen molar-refractivity contribution in [2.45, 2.75) is 50.4 Å². The molecule has 6 nitrogen and oxygen atoms in total.